The minimum atomic E-state index is -3.32. The van der Waals surface area contributed by atoms with E-state index in [1.165, 1.54) is 17.5 Å². The van der Waals surface area contributed by atoms with Crippen LogP contribution in [0.3, 0.4) is 0 Å². The zero-order chi connectivity index (χ0) is 14.6. The third kappa shape index (κ3) is 3.73. The molecule has 0 saturated carbocycles. The molecule has 4 nitrogen and oxygen atoms in total. The van der Waals surface area contributed by atoms with E-state index in [4.69, 9.17) is 0 Å². The van der Waals surface area contributed by atoms with Crippen LogP contribution >= 0.6 is 0 Å². The van der Waals surface area contributed by atoms with Crippen molar-refractivity contribution in [3.8, 4) is 0 Å². The first kappa shape index (κ1) is 15.3. The van der Waals surface area contributed by atoms with Gasteiger partial charge in [0.2, 0.25) is 10.0 Å². The zero-order valence-electron chi connectivity index (χ0n) is 12.3. The fourth-order valence-electron chi connectivity index (χ4n) is 2.49. The standard InChI is InChI=1S/C15H24N2O2S/c1-3-9-16-11-12(2)20(18,19)17-15-8-7-13-5-4-6-14(13)10-15/h7-8,10,12,16-17H,3-6,9,11H2,1-2H3. The van der Waals surface area contributed by atoms with Crippen molar-refractivity contribution in [2.75, 3.05) is 17.8 Å². The second kappa shape index (κ2) is 6.59. The van der Waals surface area contributed by atoms with E-state index in [2.05, 4.69) is 17.0 Å². The number of sulfonamides is 1. The van der Waals surface area contributed by atoms with Crippen LogP contribution in [0.25, 0.3) is 0 Å². The third-order valence-electron chi connectivity index (χ3n) is 3.75. The molecule has 1 aliphatic rings. The summed E-state index contributed by atoms with van der Waals surface area (Å²) >= 11 is 0. The highest BCUT2D eigenvalue weighted by Gasteiger charge is 2.21. The van der Waals surface area contributed by atoms with Gasteiger partial charge in [-0.25, -0.2) is 8.42 Å². The molecule has 0 heterocycles. The average Bonchev–Trinajstić information content (AvgIpc) is 2.85. The van der Waals surface area contributed by atoms with Crippen molar-refractivity contribution >= 4 is 15.7 Å². The lowest BCUT2D eigenvalue weighted by molar-refractivity contribution is 0.576. The molecule has 1 unspecified atom stereocenters. The van der Waals surface area contributed by atoms with Crippen molar-refractivity contribution in [1.29, 1.82) is 0 Å². The lowest BCUT2D eigenvalue weighted by atomic mass is 10.1. The average molecular weight is 296 g/mol. The summed E-state index contributed by atoms with van der Waals surface area (Å²) in [4.78, 5) is 0. The summed E-state index contributed by atoms with van der Waals surface area (Å²) in [6.07, 6.45) is 4.34. The van der Waals surface area contributed by atoms with E-state index < -0.39 is 15.3 Å². The minimum Gasteiger partial charge on any atom is -0.315 e. The van der Waals surface area contributed by atoms with Gasteiger partial charge in [0.15, 0.2) is 0 Å². The van der Waals surface area contributed by atoms with E-state index in [9.17, 15) is 8.42 Å². The van der Waals surface area contributed by atoms with Gasteiger partial charge in [0.05, 0.1) is 5.25 Å². The van der Waals surface area contributed by atoms with Crippen LogP contribution in [-0.4, -0.2) is 26.8 Å². The molecule has 0 bridgehead atoms. The Kier molecular flexibility index (Phi) is 5.05. The van der Waals surface area contributed by atoms with Crippen molar-refractivity contribution < 1.29 is 8.42 Å². The monoisotopic (exact) mass is 296 g/mol. The Labute approximate surface area is 122 Å². The van der Waals surface area contributed by atoms with Gasteiger partial charge in [0.1, 0.15) is 0 Å². The first-order valence-electron chi connectivity index (χ1n) is 7.37. The number of hydrogen-bond acceptors (Lipinski definition) is 3. The van der Waals surface area contributed by atoms with Crippen molar-refractivity contribution in [1.82, 2.24) is 5.32 Å². The molecule has 1 atom stereocenters. The Hall–Kier alpha value is -1.07. The number of benzene rings is 1. The zero-order valence-corrected chi connectivity index (χ0v) is 13.1. The molecular formula is C15H24N2O2S. The van der Waals surface area contributed by atoms with Crippen LogP contribution in [0.1, 0.15) is 37.8 Å². The predicted molar refractivity (Wildman–Crippen MR) is 83.6 cm³/mol. The molecule has 0 radical (unpaired) electrons. The largest absolute Gasteiger partial charge is 0.315 e. The summed E-state index contributed by atoms with van der Waals surface area (Å²) in [7, 11) is -3.32. The van der Waals surface area contributed by atoms with E-state index in [1.54, 1.807) is 6.92 Å². The second-order valence-electron chi connectivity index (χ2n) is 5.50. The summed E-state index contributed by atoms with van der Waals surface area (Å²) in [5, 5.41) is 2.71. The summed E-state index contributed by atoms with van der Waals surface area (Å²) in [6.45, 7) is 5.13. The number of fused-ring (bicyclic) bond motifs is 1. The molecule has 1 aromatic rings. The van der Waals surface area contributed by atoms with E-state index in [-0.39, 0.29) is 0 Å². The van der Waals surface area contributed by atoms with Crippen LogP contribution in [0.4, 0.5) is 5.69 Å². The molecule has 1 aliphatic carbocycles. The molecule has 0 spiro atoms. The van der Waals surface area contributed by atoms with Gasteiger partial charge in [0.25, 0.3) is 0 Å². The Morgan fingerprint density at radius 1 is 1.25 bits per heavy atom. The normalized spacial score (nSPS) is 15.9. The molecule has 0 aromatic heterocycles. The number of nitrogens with one attached hydrogen (secondary N) is 2. The van der Waals surface area contributed by atoms with Gasteiger partial charge in [0, 0.05) is 12.2 Å². The quantitative estimate of drug-likeness (QED) is 0.759. The fourth-order valence-corrected chi connectivity index (χ4v) is 3.49. The van der Waals surface area contributed by atoms with Gasteiger partial charge >= 0.3 is 0 Å². The van der Waals surface area contributed by atoms with Crippen LogP contribution in [0.2, 0.25) is 0 Å². The lowest BCUT2D eigenvalue weighted by Gasteiger charge is -2.16. The SMILES string of the molecule is CCCNCC(C)S(=O)(=O)Nc1ccc2c(c1)CCC2. The maximum atomic E-state index is 12.2. The number of hydrogen-bond donors (Lipinski definition) is 2. The van der Waals surface area contributed by atoms with Crippen LogP contribution < -0.4 is 10.0 Å². The Balaban J connectivity index is 2.00. The molecular weight excluding hydrogens is 272 g/mol. The van der Waals surface area contributed by atoms with Crippen molar-refractivity contribution in [3.63, 3.8) is 0 Å². The highest BCUT2D eigenvalue weighted by Crippen LogP contribution is 2.25. The highest BCUT2D eigenvalue weighted by molar-refractivity contribution is 7.93. The number of anilines is 1. The van der Waals surface area contributed by atoms with E-state index >= 15 is 0 Å². The molecule has 2 rings (SSSR count). The number of rotatable bonds is 7. The smallest absolute Gasteiger partial charge is 0.236 e. The Bertz CT molecular complexity index is 555. The summed E-state index contributed by atoms with van der Waals surface area (Å²) in [5.41, 5.74) is 3.32. The van der Waals surface area contributed by atoms with Crippen molar-refractivity contribution in [3.05, 3.63) is 29.3 Å². The molecule has 2 N–H and O–H groups in total. The summed E-state index contributed by atoms with van der Waals surface area (Å²) < 4.78 is 27.2. The molecule has 0 aliphatic heterocycles. The maximum Gasteiger partial charge on any atom is 0.236 e. The first-order chi connectivity index (χ1) is 9.53. The second-order valence-corrected chi connectivity index (χ2v) is 7.60. The molecule has 0 amide bonds. The fraction of sp³-hybridized carbons (Fsp3) is 0.600. The van der Waals surface area contributed by atoms with Crippen LogP contribution in [-0.2, 0) is 22.9 Å². The van der Waals surface area contributed by atoms with Gasteiger partial charge in [-0.3, -0.25) is 4.72 Å². The van der Waals surface area contributed by atoms with Crippen LogP contribution in [0, 0.1) is 0 Å². The van der Waals surface area contributed by atoms with Gasteiger partial charge < -0.3 is 5.32 Å². The molecule has 5 heteroatoms. The minimum absolute atomic E-state index is 0.442. The van der Waals surface area contributed by atoms with Gasteiger partial charge in [-0.05, 0) is 62.4 Å². The van der Waals surface area contributed by atoms with E-state index in [1.807, 2.05) is 18.2 Å². The van der Waals surface area contributed by atoms with Gasteiger partial charge in [-0.1, -0.05) is 13.0 Å². The topological polar surface area (TPSA) is 58.2 Å². The van der Waals surface area contributed by atoms with Crippen LogP contribution in [0.15, 0.2) is 18.2 Å². The van der Waals surface area contributed by atoms with Crippen molar-refractivity contribution in [2.45, 2.75) is 44.8 Å². The number of aryl methyl sites for hydroxylation is 2. The Morgan fingerprint density at radius 2 is 2.00 bits per heavy atom. The van der Waals surface area contributed by atoms with Crippen molar-refractivity contribution in [2.24, 2.45) is 0 Å². The molecule has 0 saturated heterocycles. The van der Waals surface area contributed by atoms with E-state index in [0.29, 0.717) is 12.2 Å². The Morgan fingerprint density at radius 3 is 2.75 bits per heavy atom. The lowest BCUT2D eigenvalue weighted by Crippen LogP contribution is -2.35. The van der Waals surface area contributed by atoms with Gasteiger partial charge in [-0.15, -0.1) is 0 Å². The molecule has 1 aromatic carbocycles. The molecule has 112 valence electrons. The van der Waals surface area contributed by atoms with Crippen LogP contribution in [0.5, 0.6) is 0 Å². The summed E-state index contributed by atoms with van der Waals surface area (Å²) in [6, 6.07) is 5.89. The third-order valence-corrected chi connectivity index (χ3v) is 5.49. The van der Waals surface area contributed by atoms with E-state index in [0.717, 1.165) is 25.8 Å². The first-order valence-corrected chi connectivity index (χ1v) is 8.91. The highest BCUT2D eigenvalue weighted by atomic mass is 32.2. The van der Waals surface area contributed by atoms with Gasteiger partial charge in [-0.2, -0.15) is 0 Å². The summed E-state index contributed by atoms with van der Waals surface area (Å²) in [5.74, 6) is 0. The molecule has 0 fully saturated rings. The molecule has 20 heavy (non-hydrogen) atoms. The predicted octanol–water partition coefficient (Wildman–Crippen LogP) is 2.31. The maximum absolute atomic E-state index is 12.2.